The van der Waals surface area contributed by atoms with Gasteiger partial charge in [0, 0.05) is 21.7 Å². The summed E-state index contributed by atoms with van der Waals surface area (Å²) in [7, 11) is 0. The minimum atomic E-state index is 0.693. The maximum absolute atomic E-state index is 5.47. The van der Waals surface area contributed by atoms with Gasteiger partial charge in [0.15, 0.2) is 0 Å². The third kappa shape index (κ3) is 2.38. The first-order valence-corrected chi connectivity index (χ1v) is 7.07. The molecule has 0 saturated heterocycles. The van der Waals surface area contributed by atoms with Crippen molar-refractivity contribution in [3.05, 3.63) is 59.2 Å². The Hall–Kier alpha value is -1.74. The van der Waals surface area contributed by atoms with Gasteiger partial charge >= 0.3 is 0 Å². The van der Waals surface area contributed by atoms with E-state index < -0.39 is 0 Å². The summed E-state index contributed by atoms with van der Waals surface area (Å²) in [6, 6.07) is 16.6. The number of benzene rings is 2. The molecule has 0 atom stereocenters. The van der Waals surface area contributed by atoms with Crippen molar-refractivity contribution in [1.29, 1.82) is 0 Å². The summed E-state index contributed by atoms with van der Waals surface area (Å²) in [4.78, 5) is 0. The molecule has 0 N–H and O–H groups in total. The fourth-order valence-electron chi connectivity index (χ4n) is 2.20. The molecular formula is C16H14BrNO. The van der Waals surface area contributed by atoms with Crippen LogP contribution >= 0.6 is 15.9 Å². The Morgan fingerprint density at radius 1 is 1.05 bits per heavy atom. The number of nitrogens with zero attached hydrogens (tertiary/aromatic N) is 1. The second-order valence-electron chi connectivity index (χ2n) is 4.32. The summed E-state index contributed by atoms with van der Waals surface area (Å²) < 4.78 is 8.73. The van der Waals surface area contributed by atoms with Gasteiger partial charge in [0.2, 0.25) is 0 Å². The van der Waals surface area contributed by atoms with Gasteiger partial charge in [-0.2, -0.15) is 0 Å². The molecular weight excluding hydrogens is 302 g/mol. The minimum absolute atomic E-state index is 0.693. The maximum Gasteiger partial charge on any atom is 0.119 e. The van der Waals surface area contributed by atoms with Gasteiger partial charge in [0.1, 0.15) is 5.75 Å². The van der Waals surface area contributed by atoms with Crippen molar-refractivity contribution in [2.24, 2.45) is 0 Å². The number of fused-ring (bicyclic) bond motifs is 1. The summed E-state index contributed by atoms with van der Waals surface area (Å²) in [6.45, 7) is 2.68. The molecule has 2 aromatic carbocycles. The zero-order chi connectivity index (χ0) is 13.2. The first-order valence-electron chi connectivity index (χ1n) is 6.28. The first-order chi connectivity index (χ1) is 9.28. The van der Waals surface area contributed by atoms with Gasteiger partial charge in [-0.3, -0.25) is 0 Å². The predicted molar refractivity (Wildman–Crippen MR) is 82.1 cm³/mol. The van der Waals surface area contributed by atoms with Crippen LogP contribution in [0.15, 0.2) is 59.2 Å². The molecule has 19 heavy (non-hydrogen) atoms. The number of hydrogen-bond donors (Lipinski definition) is 0. The van der Waals surface area contributed by atoms with Crippen molar-refractivity contribution >= 4 is 26.8 Å². The summed E-state index contributed by atoms with van der Waals surface area (Å²) in [6.07, 6.45) is 2.09. The molecule has 0 aliphatic heterocycles. The molecule has 2 nitrogen and oxygen atoms in total. The first kappa shape index (κ1) is 12.3. The molecule has 96 valence electrons. The van der Waals surface area contributed by atoms with Gasteiger partial charge in [-0.15, -0.1) is 0 Å². The molecule has 3 rings (SSSR count). The summed E-state index contributed by atoms with van der Waals surface area (Å²) >= 11 is 3.52. The van der Waals surface area contributed by atoms with Crippen LogP contribution < -0.4 is 4.74 Å². The van der Waals surface area contributed by atoms with Gasteiger partial charge in [0.05, 0.1) is 12.1 Å². The van der Waals surface area contributed by atoms with Crippen LogP contribution in [0.4, 0.5) is 0 Å². The van der Waals surface area contributed by atoms with E-state index in [1.165, 1.54) is 10.9 Å². The van der Waals surface area contributed by atoms with Gasteiger partial charge < -0.3 is 9.30 Å². The molecule has 0 saturated carbocycles. The molecule has 1 heterocycles. The Morgan fingerprint density at radius 3 is 2.58 bits per heavy atom. The highest BCUT2D eigenvalue weighted by Gasteiger charge is 2.04. The van der Waals surface area contributed by atoms with E-state index in [0.717, 1.165) is 15.9 Å². The van der Waals surface area contributed by atoms with Crippen LogP contribution in [0.1, 0.15) is 6.92 Å². The monoisotopic (exact) mass is 315 g/mol. The number of rotatable bonds is 3. The standard InChI is InChI=1S/C16H14BrNO/c1-2-19-15-7-5-14(6-8-15)18-10-9-12-3-4-13(17)11-16(12)18/h3-11H,2H2,1H3. The molecule has 0 bridgehead atoms. The molecule has 0 unspecified atom stereocenters. The van der Waals surface area contributed by atoms with Crippen molar-refractivity contribution in [3.63, 3.8) is 0 Å². The number of halogens is 1. The van der Waals surface area contributed by atoms with E-state index in [1.54, 1.807) is 0 Å². The average Bonchev–Trinajstić information content (AvgIpc) is 2.83. The van der Waals surface area contributed by atoms with Gasteiger partial charge in [-0.1, -0.05) is 22.0 Å². The van der Waals surface area contributed by atoms with E-state index >= 15 is 0 Å². The van der Waals surface area contributed by atoms with Crippen LogP contribution in [0.25, 0.3) is 16.6 Å². The van der Waals surface area contributed by atoms with E-state index in [2.05, 4.69) is 63.1 Å². The lowest BCUT2D eigenvalue weighted by atomic mass is 10.2. The Morgan fingerprint density at radius 2 is 1.84 bits per heavy atom. The lowest BCUT2D eigenvalue weighted by molar-refractivity contribution is 0.340. The van der Waals surface area contributed by atoms with E-state index in [4.69, 9.17) is 4.74 Å². The lowest BCUT2D eigenvalue weighted by Gasteiger charge is -2.08. The highest BCUT2D eigenvalue weighted by atomic mass is 79.9. The fraction of sp³-hybridized carbons (Fsp3) is 0.125. The zero-order valence-electron chi connectivity index (χ0n) is 10.6. The zero-order valence-corrected chi connectivity index (χ0v) is 12.2. The van der Waals surface area contributed by atoms with Crippen LogP contribution in [-0.4, -0.2) is 11.2 Å². The van der Waals surface area contributed by atoms with Crippen LogP contribution in [0.2, 0.25) is 0 Å². The minimum Gasteiger partial charge on any atom is -0.494 e. The second kappa shape index (κ2) is 5.10. The van der Waals surface area contributed by atoms with Gasteiger partial charge in [-0.05, 0) is 49.4 Å². The number of aromatic nitrogens is 1. The fourth-order valence-corrected chi connectivity index (χ4v) is 2.55. The third-order valence-electron chi connectivity index (χ3n) is 3.08. The average molecular weight is 316 g/mol. The molecule has 0 amide bonds. The van der Waals surface area contributed by atoms with Crippen molar-refractivity contribution in [2.75, 3.05) is 6.61 Å². The van der Waals surface area contributed by atoms with E-state index in [9.17, 15) is 0 Å². The molecule has 3 heteroatoms. The smallest absolute Gasteiger partial charge is 0.119 e. The van der Waals surface area contributed by atoms with Crippen molar-refractivity contribution in [2.45, 2.75) is 6.92 Å². The van der Waals surface area contributed by atoms with E-state index in [1.807, 2.05) is 19.1 Å². The molecule has 0 fully saturated rings. The van der Waals surface area contributed by atoms with E-state index in [-0.39, 0.29) is 0 Å². The van der Waals surface area contributed by atoms with Gasteiger partial charge in [-0.25, -0.2) is 0 Å². The highest BCUT2D eigenvalue weighted by Crippen LogP contribution is 2.25. The van der Waals surface area contributed by atoms with Crippen molar-refractivity contribution in [3.8, 4) is 11.4 Å². The highest BCUT2D eigenvalue weighted by molar-refractivity contribution is 9.10. The quantitative estimate of drug-likeness (QED) is 0.677. The molecule has 1 aromatic heterocycles. The predicted octanol–water partition coefficient (Wildman–Crippen LogP) is 4.79. The molecule has 0 aliphatic rings. The Labute approximate surface area is 120 Å². The second-order valence-corrected chi connectivity index (χ2v) is 5.23. The molecule has 0 spiro atoms. The van der Waals surface area contributed by atoms with Crippen LogP contribution in [0, 0.1) is 0 Å². The normalized spacial score (nSPS) is 10.8. The lowest BCUT2D eigenvalue weighted by Crippen LogP contribution is -1.94. The van der Waals surface area contributed by atoms with Crippen LogP contribution in [-0.2, 0) is 0 Å². The van der Waals surface area contributed by atoms with Crippen LogP contribution in [0.5, 0.6) is 5.75 Å². The van der Waals surface area contributed by atoms with Crippen molar-refractivity contribution < 1.29 is 4.74 Å². The topological polar surface area (TPSA) is 14.2 Å². The van der Waals surface area contributed by atoms with E-state index in [0.29, 0.717) is 6.61 Å². The Kier molecular flexibility index (Phi) is 3.30. The number of ether oxygens (including phenoxy) is 1. The van der Waals surface area contributed by atoms with Crippen LogP contribution in [0.3, 0.4) is 0 Å². The maximum atomic E-state index is 5.47. The molecule has 0 aliphatic carbocycles. The summed E-state index contributed by atoms with van der Waals surface area (Å²) in [5.41, 5.74) is 2.33. The Bertz CT molecular complexity index is 700. The Balaban J connectivity index is 2.06. The van der Waals surface area contributed by atoms with Crippen molar-refractivity contribution in [1.82, 2.24) is 4.57 Å². The SMILES string of the molecule is CCOc1ccc(-n2ccc3ccc(Br)cc32)cc1. The summed E-state index contributed by atoms with van der Waals surface area (Å²) in [5.74, 6) is 0.906. The largest absolute Gasteiger partial charge is 0.494 e. The summed E-state index contributed by atoms with van der Waals surface area (Å²) in [5, 5.41) is 1.23. The van der Waals surface area contributed by atoms with Gasteiger partial charge in [0.25, 0.3) is 0 Å². The molecule has 3 aromatic rings. The molecule has 0 radical (unpaired) electrons. The number of hydrogen-bond acceptors (Lipinski definition) is 1. The third-order valence-corrected chi connectivity index (χ3v) is 3.57.